The summed E-state index contributed by atoms with van der Waals surface area (Å²) in [6, 6.07) is 0. The molecule has 0 saturated heterocycles. The molecule has 2 nitrogen and oxygen atoms in total. The lowest BCUT2D eigenvalue weighted by molar-refractivity contribution is 0.416. The van der Waals surface area contributed by atoms with Gasteiger partial charge in [0.1, 0.15) is 0 Å². The number of aryl methyl sites for hydroxylation is 1. The number of rotatable bonds is 2. The zero-order valence-corrected chi connectivity index (χ0v) is 9.85. The Hall–Kier alpha value is -0.410. The number of nitrogens with zero attached hydrogens (tertiary/aromatic N) is 1. The minimum absolute atomic E-state index is 0.554. The predicted octanol–water partition coefficient (Wildman–Crippen LogP) is 2.79. The minimum Gasteiger partial charge on any atom is -0.330 e. The standard InChI is InChI=1S/C12H18N2S/c13-7-9-5-2-6-10-11(9)14-12(15-10)8-3-1-4-8/h8-9H,1-7,13H2. The minimum atomic E-state index is 0.554. The monoisotopic (exact) mass is 222 g/mol. The van der Waals surface area contributed by atoms with E-state index in [9.17, 15) is 0 Å². The Morgan fingerprint density at radius 3 is 2.80 bits per heavy atom. The normalized spacial score (nSPS) is 26.1. The highest BCUT2D eigenvalue weighted by Crippen LogP contribution is 2.42. The van der Waals surface area contributed by atoms with Crippen LogP contribution in [0.1, 0.15) is 59.5 Å². The van der Waals surface area contributed by atoms with Crippen molar-refractivity contribution in [3.8, 4) is 0 Å². The van der Waals surface area contributed by atoms with E-state index >= 15 is 0 Å². The molecule has 82 valence electrons. The van der Waals surface area contributed by atoms with Crippen LogP contribution >= 0.6 is 11.3 Å². The van der Waals surface area contributed by atoms with Gasteiger partial charge in [0, 0.05) is 23.3 Å². The molecule has 0 aliphatic heterocycles. The van der Waals surface area contributed by atoms with Crippen molar-refractivity contribution in [2.45, 2.75) is 50.4 Å². The van der Waals surface area contributed by atoms with E-state index in [4.69, 9.17) is 10.7 Å². The highest BCUT2D eigenvalue weighted by atomic mass is 32.1. The van der Waals surface area contributed by atoms with Gasteiger partial charge in [-0.15, -0.1) is 11.3 Å². The number of nitrogens with two attached hydrogens (primary N) is 1. The van der Waals surface area contributed by atoms with Crippen LogP contribution in [0.4, 0.5) is 0 Å². The Morgan fingerprint density at radius 2 is 2.13 bits per heavy atom. The maximum atomic E-state index is 5.81. The summed E-state index contributed by atoms with van der Waals surface area (Å²) in [6.45, 7) is 0.779. The first-order valence-electron chi connectivity index (χ1n) is 6.08. The fourth-order valence-corrected chi connectivity index (χ4v) is 3.95. The van der Waals surface area contributed by atoms with Gasteiger partial charge in [-0.3, -0.25) is 0 Å². The summed E-state index contributed by atoms with van der Waals surface area (Å²) in [5, 5.41) is 1.41. The lowest BCUT2D eigenvalue weighted by Gasteiger charge is -2.22. The second kappa shape index (κ2) is 3.87. The molecular formula is C12H18N2S. The van der Waals surface area contributed by atoms with Crippen LogP contribution in [-0.2, 0) is 6.42 Å². The molecule has 0 radical (unpaired) electrons. The van der Waals surface area contributed by atoms with Crippen LogP contribution < -0.4 is 5.73 Å². The van der Waals surface area contributed by atoms with Crippen LogP contribution in [0.2, 0.25) is 0 Å². The summed E-state index contributed by atoms with van der Waals surface area (Å²) in [5.41, 5.74) is 7.17. The van der Waals surface area contributed by atoms with Gasteiger partial charge in [-0.25, -0.2) is 4.98 Å². The SMILES string of the molecule is NCC1CCCc2sc(C3CCC3)nc21. The first-order valence-corrected chi connectivity index (χ1v) is 6.89. The zero-order valence-electron chi connectivity index (χ0n) is 9.04. The molecule has 3 rings (SSSR count). The van der Waals surface area contributed by atoms with Crippen LogP contribution in [0.5, 0.6) is 0 Å². The molecule has 1 atom stereocenters. The topological polar surface area (TPSA) is 38.9 Å². The number of thiazole rings is 1. The predicted molar refractivity (Wildman–Crippen MR) is 63.4 cm³/mol. The van der Waals surface area contributed by atoms with Gasteiger partial charge < -0.3 is 5.73 Å². The maximum absolute atomic E-state index is 5.81. The summed E-state index contributed by atoms with van der Waals surface area (Å²) in [7, 11) is 0. The lowest BCUT2D eigenvalue weighted by atomic mass is 9.86. The molecule has 1 fully saturated rings. The Balaban J connectivity index is 1.90. The fraction of sp³-hybridized carbons (Fsp3) is 0.750. The van der Waals surface area contributed by atoms with E-state index in [1.54, 1.807) is 4.88 Å². The van der Waals surface area contributed by atoms with E-state index in [2.05, 4.69) is 0 Å². The van der Waals surface area contributed by atoms with Crippen molar-refractivity contribution in [1.29, 1.82) is 0 Å². The smallest absolute Gasteiger partial charge is 0.0962 e. The van der Waals surface area contributed by atoms with Gasteiger partial charge in [-0.2, -0.15) is 0 Å². The first kappa shape index (κ1) is 9.79. The average molecular weight is 222 g/mol. The second-order valence-electron chi connectivity index (χ2n) is 4.81. The van der Waals surface area contributed by atoms with Crippen LogP contribution in [0.15, 0.2) is 0 Å². The average Bonchev–Trinajstić information content (AvgIpc) is 2.57. The Morgan fingerprint density at radius 1 is 1.27 bits per heavy atom. The van der Waals surface area contributed by atoms with Crippen LogP contribution in [0.25, 0.3) is 0 Å². The molecule has 2 N–H and O–H groups in total. The fourth-order valence-electron chi connectivity index (χ4n) is 2.59. The van der Waals surface area contributed by atoms with E-state index < -0.39 is 0 Å². The van der Waals surface area contributed by atoms with Crippen molar-refractivity contribution < 1.29 is 0 Å². The molecule has 1 unspecified atom stereocenters. The summed E-state index contributed by atoms with van der Waals surface area (Å²) in [5.74, 6) is 1.35. The Bertz CT molecular complexity index is 355. The van der Waals surface area contributed by atoms with Gasteiger partial charge in [-0.1, -0.05) is 6.42 Å². The van der Waals surface area contributed by atoms with E-state index in [-0.39, 0.29) is 0 Å². The second-order valence-corrected chi connectivity index (χ2v) is 5.93. The van der Waals surface area contributed by atoms with Crippen molar-refractivity contribution in [1.82, 2.24) is 4.98 Å². The van der Waals surface area contributed by atoms with Crippen LogP contribution in [0.3, 0.4) is 0 Å². The van der Waals surface area contributed by atoms with Crippen molar-refractivity contribution in [2.24, 2.45) is 5.73 Å². The molecule has 1 saturated carbocycles. The zero-order chi connectivity index (χ0) is 10.3. The van der Waals surface area contributed by atoms with E-state index in [1.807, 2.05) is 11.3 Å². The van der Waals surface area contributed by atoms with Crippen molar-refractivity contribution in [2.75, 3.05) is 6.54 Å². The summed E-state index contributed by atoms with van der Waals surface area (Å²) in [4.78, 5) is 6.40. The summed E-state index contributed by atoms with van der Waals surface area (Å²) >= 11 is 1.97. The Kier molecular flexibility index (Phi) is 2.53. The van der Waals surface area contributed by atoms with E-state index in [0.29, 0.717) is 5.92 Å². The highest BCUT2D eigenvalue weighted by molar-refractivity contribution is 7.11. The van der Waals surface area contributed by atoms with Gasteiger partial charge in [0.2, 0.25) is 0 Å². The van der Waals surface area contributed by atoms with E-state index in [0.717, 1.165) is 12.5 Å². The molecule has 1 heterocycles. The third-order valence-corrected chi connectivity index (χ3v) is 5.12. The van der Waals surface area contributed by atoms with Crippen molar-refractivity contribution in [3.05, 3.63) is 15.6 Å². The van der Waals surface area contributed by atoms with E-state index in [1.165, 1.54) is 49.2 Å². The van der Waals surface area contributed by atoms with Gasteiger partial charge >= 0.3 is 0 Å². The van der Waals surface area contributed by atoms with Crippen molar-refractivity contribution in [3.63, 3.8) is 0 Å². The third-order valence-electron chi connectivity index (χ3n) is 3.83. The molecule has 0 spiro atoms. The number of hydrogen-bond acceptors (Lipinski definition) is 3. The highest BCUT2D eigenvalue weighted by Gasteiger charge is 2.28. The molecule has 1 aromatic heterocycles. The van der Waals surface area contributed by atoms with Crippen molar-refractivity contribution >= 4 is 11.3 Å². The summed E-state index contributed by atoms with van der Waals surface area (Å²) < 4.78 is 0. The first-order chi connectivity index (χ1) is 7.38. The van der Waals surface area contributed by atoms with Crippen LogP contribution in [-0.4, -0.2) is 11.5 Å². The largest absolute Gasteiger partial charge is 0.330 e. The van der Waals surface area contributed by atoms with Crippen LogP contribution in [0, 0.1) is 0 Å². The molecule has 1 aromatic rings. The number of aromatic nitrogens is 1. The molecule has 15 heavy (non-hydrogen) atoms. The summed E-state index contributed by atoms with van der Waals surface area (Å²) in [6.07, 6.45) is 7.92. The molecule has 0 aromatic carbocycles. The molecule has 0 bridgehead atoms. The number of fused-ring (bicyclic) bond motifs is 1. The van der Waals surface area contributed by atoms with Gasteiger partial charge in [0.05, 0.1) is 10.7 Å². The number of hydrogen-bond donors (Lipinski definition) is 1. The van der Waals surface area contributed by atoms with Gasteiger partial charge in [0.25, 0.3) is 0 Å². The molecular weight excluding hydrogens is 204 g/mol. The third kappa shape index (κ3) is 1.62. The lowest BCUT2D eigenvalue weighted by Crippen LogP contribution is -2.18. The molecule has 0 amide bonds. The molecule has 3 heteroatoms. The Labute approximate surface area is 94.9 Å². The van der Waals surface area contributed by atoms with Gasteiger partial charge in [-0.05, 0) is 32.1 Å². The molecule has 2 aliphatic rings. The molecule has 2 aliphatic carbocycles. The maximum Gasteiger partial charge on any atom is 0.0962 e. The van der Waals surface area contributed by atoms with Gasteiger partial charge in [0.15, 0.2) is 0 Å². The quantitative estimate of drug-likeness (QED) is 0.835.